The molecule has 6 heteroatoms. The summed E-state index contributed by atoms with van der Waals surface area (Å²) in [4.78, 5) is 25.5. The highest BCUT2D eigenvalue weighted by molar-refractivity contribution is 5.96. The first kappa shape index (κ1) is 15.9. The lowest BCUT2D eigenvalue weighted by molar-refractivity contribution is -0.118. The molecule has 0 fully saturated rings. The Morgan fingerprint density at radius 1 is 1.25 bits per heavy atom. The maximum absolute atomic E-state index is 12.5. The van der Waals surface area contributed by atoms with Gasteiger partial charge in [0.05, 0.1) is 5.69 Å². The summed E-state index contributed by atoms with van der Waals surface area (Å²) in [6.45, 7) is 3.06. The average Bonchev–Trinajstić information content (AvgIpc) is 2.60. The summed E-state index contributed by atoms with van der Waals surface area (Å²) < 4.78 is 5.36. The van der Waals surface area contributed by atoms with Crippen LogP contribution < -0.4 is 15.4 Å². The minimum absolute atomic E-state index is 0.0144. The van der Waals surface area contributed by atoms with Gasteiger partial charge in [-0.25, -0.2) is 4.79 Å². The summed E-state index contributed by atoms with van der Waals surface area (Å²) in [5.41, 5.74) is 2.31. The van der Waals surface area contributed by atoms with E-state index in [0.717, 1.165) is 5.56 Å². The quantitative estimate of drug-likeness (QED) is 0.907. The van der Waals surface area contributed by atoms with Crippen molar-refractivity contribution in [2.24, 2.45) is 0 Å². The minimum atomic E-state index is -0.181. The van der Waals surface area contributed by atoms with Crippen LogP contribution in [0.15, 0.2) is 48.5 Å². The highest BCUT2D eigenvalue weighted by Gasteiger charge is 2.17. The van der Waals surface area contributed by atoms with Gasteiger partial charge in [0.1, 0.15) is 5.75 Å². The molecule has 0 bridgehead atoms. The summed E-state index contributed by atoms with van der Waals surface area (Å²) in [6, 6.07) is 14.8. The molecule has 2 aromatic carbocycles. The van der Waals surface area contributed by atoms with Gasteiger partial charge in [-0.2, -0.15) is 0 Å². The van der Waals surface area contributed by atoms with Crippen molar-refractivity contribution in [2.45, 2.75) is 13.5 Å². The van der Waals surface area contributed by atoms with E-state index in [1.54, 1.807) is 23.1 Å². The number of anilines is 2. The largest absolute Gasteiger partial charge is 0.482 e. The predicted molar refractivity (Wildman–Crippen MR) is 92.1 cm³/mol. The van der Waals surface area contributed by atoms with E-state index < -0.39 is 0 Å². The fourth-order valence-electron chi connectivity index (χ4n) is 2.49. The third kappa shape index (κ3) is 3.65. The van der Waals surface area contributed by atoms with Gasteiger partial charge in [0.2, 0.25) is 0 Å². The van der Waals surface area contributed by atoms with Crippen molar-refractivity contribution >= 4 is 23.3 Å². The number of benzene rings is 2. The fourth-order valence-corrected chi connectivity index (χ4v) is 2.49. The number of nitrogens with zero attached hydrogens (tertiary/aromatic N) is 1. The molecule has 6 nitrogen and oxygen atoms in total. The van der Waals surface area contributed by atoms with E-state index in [0.29, 0.717) is 30.2 Å². The van der Waals surface area contributed by atoms with Gasteiger partial charge in [-0.1, -0.05) is 30.3 Å². The van der Waals surface area contributed by atoms with Gasteiger partial charge in [-0.15, -0.1) is 0 Å². The zero-order valence-electron chi connectivity index (χ0n) is 13.4. The Morgan fingerprint density at radius 3 is 2.79 bits per heavy atom. The number of nitrogens with one attached hydrogen (secondary N) is 2. The molecular formula is C18H19N3O3. The number of hydrogen-bond acceptors (Lipinski definition) is 3. The first-order valence-corrected chi connectivity index (χ1v) is 7.82. The van der Waals surface area contributed by atoms with E-state index in [1.807, 2.05) is 37.3 Å². The maximum Gasteiger partial charge on any atom is 0.322 e. The molecule has 0 radical (unpaired) electrons. The lowest BCUT2D eigenvalue weighted by Gasteiger charge is -2.23. The molecule has 1 aliphatic heterocycles. The van der Waals surface area contributed by atoms with Gasteiger partial charge < -0.3 is 20.3 Å². The second-order valence-electron chi connectivity index (χ2n) is 5.48. The van der Waals surface area contributed by atoms with Crippen LogP contribution in [0.25, 0.3) is 0 Å². The fraction of sp³-hybridized carbons (Fsp3) is 0.222. The highest BCUT2D eigenvalue weighted by Crippen LogP contribution is 2.30. The zero-order valence-corrected chi connectivity index (χ0v) is 13.4. The smallest absolute Gasteiger partial charge is 0.322 e. The molecule has 1 aliphatic rings. The molecule has 0 spiro atoms. The molecule has 1 heterocycles. The van der Waals surface area contributed by atoms with Crippen LogP contribution in [0.2, 0.25) is 0 Å². The Hall–Kier alpha value is -3.02. The Bertz CT molecular complexity index is 746. The molecule has 0 saturated carbocycles. The predicted octanol–water partition coefficient (Wildman–Crippen LogP) is 3.07. The van der Waals surface area contributed by atoms with Gasteiger partial charge in [0.25, 0.3) is 5.91 Å². The van der Waals surface area contributed by atoms with Crippen LogP contribution >= 0.6 is 0 Å². The van der Waals surface area contributed by atoms with Gasteiger partial charge in [-0.3, -0.25) is 4.79 Å². The topological polar surface area (TPSA) is 70.7 Å². The zero-order chi connectivity index (χ0) is 16.9. The number of carbonyl (C=O) groups excluding carboxylic acids is 2. The van der Waals surface area contributed by atoms with Crippen molar-refractivity contribution in [2.75, 3.05) is 23.8 Å². The van der Waals surface area contributed by atoms with Crippen molar-refractivity contribution in [3.8, 4) is 5.75 Å². The van der Waals surface area contributed by atoms with Crippen molar-refractivity contribution < 1.29 is 14.3 Å². The van der Waals surface area contributed by atoms with E-state index in [-0.39, 0.29) is 18.5 Å². The normalized spacial score (nSPS) is 12.6. The summed E-state index contributed by atoms with van der Waals surface area (Å²) in [7, 11) is 0. The molecule has 2 aromatic rings. The minimum Gasteiger partial charge on any atom is -0.482 e. The SMILES string of the molecule is CCN(Cc1ccccc1)C(=O)Nc1ccc2c(c1)OCC(=O)N2. The van der Waals surface area contributed by atoms with E-state index in [4.69, 9.17) is 4.74 Å². The summed E-state index contributed by atoms with van der Waals surface area (Å²) in [6.07, 6.45) is 0. The number of rotatable bonds is 4. The Kier molecular flexibility index (Phi) is 4.65. The first-order valence-electron chi connectivity index (χ1n) is 7.82. The third-order valence-corrected chi connectivity index (χ3v) is 3.75. The number of urea groups is 1. The van der Waals surface area contributed by atoms with Crippen LogP contribution in [0.5, 0.6) is 5.75 Å². The molecule has 0 aliphatic carbocycles. The summed E-state index contributed by atoms with van der Waals surface area (Å²) in [5, 5.41) is 5.59. The Balaban J connectivity index is 1.68. The molecule has 0 saturated heterocycles. The molecular weight excluding hydrogens is 306 g/mol. The Morgan fingerprint density at radius 2 is 2.04 bits per heavy atom. The average molecular weight is 325 g/mol. The van der Waals surface area contributed by atoms with Gasteiger partial charge in [0, 0.05) is 24.8 Å². The van der Waals surface area contributed by atoms with Crippen LogP contribution in [-0.4, -0.2) is 30.0 Å². The second-order valence-corrected chi connectivity index (χ2v) is 5.48. The second kappa shape index (κ2) is 7.04. The maximum atomic E-state index is 12.5. The molecule has 124 valence electrons. The molecule has 3 amide bonds. The van der Waals surface area contributed by atoms with Crippen molar-refractivity contribution in [3.05, 3.63) is 54.1 Å². The van der Waals surface area contributed by atoms with E-state index in [2.05, 4.69) is 10.6 Å². The van der Waals surface area contributed by atoms with Crippen molar-refractivity contribution in [3.63, 3.8) is 0 Å². The number of hydrogen-bond donors (Lipinski definition) is 2. The Labute approximate surface area is 140 Å². The van der Waals surface area contributed by atoms with Crippen LogP contribution in [0.4, 0.5) is 16.2 Å². The molecule has 0 atom stereocenters. The van der Waals surface area contributed by atoms with Crippen LogP contribution in [0.1, 0.15) is 12.5 Å². The number of carbonyl (C=O) groups is 2. The number of ether oxygens (including phenoxy) is 1. The van der Waals surface area contributed by atoms with Crippen LogP contribution in [-0.2, 0) is 11.3 Å². The van der Waals surface area contributed by atoms with E-state index in [1.165, 1.54) is 0 Å². The standard InChI is InChI=1S/C18H19N3O3/c1-2-21(11-13-6-4-3-5-7-13)18(23)19-14-8-9-15-16(10-14)24-12-17(22)20-15/h3-10H,2,11-12H2,1H3,(H,19,23)(H,20,22). The number of fused-ring (bicyclic) bond motifs is 1. The van der Waals surface area contributed by atoms with Gasteiger partial charge in [0.15, 0.2) is 6.61 Å². The molecule has 24 heavy (non-hydrogen) atoms. The molecule has 0 aromatic heterocycles. The van der Waals surface area contributed by atoms with E-state index in [9.17, 15) is 9.59 Å². The molecule has 3 rings (SSSR count). The van der Waals surface area contributed by atoms with Crippen molar-refractivity contribution in [1.82, 2.24) is 4.90 Å². The lowest BCUT2D eigenvalue weighted by atomic mass is 10.2. The summed E-state index contributed by atoms with van der Waals surface area (Å²) >= 11 is 0. The van der Waals surface area contributed by atoms with Crippen molar-refractivity contribution in [1.29, 1.82) is 0 Å². The lowest BCUT2D eigenvalue weighted by Crippen LogP contribution is -2.34. The number of amides is 3. The van der Waals surface area contributed by atoms with E-state index >= 15 is 0 Å². The third-order valence-electron chi connectivity index (χ3n) is 3.75. The van der Waals surface area contributed by atoms with Gasteiger partial charge >= 0.3 is 6.03 Å². The van der Waals surface area contributed by atoms with Gasteiger partial charge in [-0.05, 0) is 24.6 Å². The van der Waals surface area contributed by atoms with Crippen LogP contribution in [0.3, 0.4) is 0 Å². The van der Waals surface area contributed by atoms with Crippen LogP contribution in [0, 0.1) is 0 Å². The highest BCUT2D eigenvalue weighted by atomic mass is 16.5. The molecule has 2 N–H and O–H groups in total. The first-order chi connectivity index (χ1) is 11.7. The monoisotopic (exact) mass is 325 g/mol. The summed E-state index contributed by atoms with van der Waals surface area (Å²) in [5.74, 6) is 0.373. The molecule has 0 unspecified atom stereocenters.